The fraction of sp³-hybridized carbons (Fsp3) is 0.400. The third-order valence-electron chi connectivity index (χ3n) is 3.76. The Kier molecular flexibility index (Phi) is 5.70. The van der Waals surface area contributed by atoms with E-state index in [0.29, 0.717) is 10.8 Å². The van der Waals surface area contributed by atoms with Gasteiger partial charge in [-0.25, -0.2) is 8.42 Å². The second-order valence-electron chi connectivity index (χ2n) is 5.67. The zero-order chi connectivity index (χ0) is 17.9. The molecule has 2 heterocycles. The number of hydrogen-bond donors (Lipinski definition) is 1. The minimum absolute atomic E-state index is 0.0224. The third-order valence-corrected chi connectivity index (χ3v) is 7.44. The summed E-state index contributed by atoms with van der Waals surface area (Å²) in [5, 5.41) is 11.1. The van der Waals surface area contributed by atoms with E-state index in [4.69, 9.17) is 0 Å². The second-order valence-corrected chi connectivity index (χ2v) is 9.82. The molecule has 7 nitrogen and oxygen atoms in total. The lowest BCUT2D eigenvalue weighted by atomic mass is 10.3. The highest BCUT2D eigenvalue weighted by Gasteiger charge is 2.24. The Labute approximate surface area is 158 Å². The van der Waals surface area contributed by atoms with Gasteiger partial charge in [-0.2, -0.15) is 0 Å². The number of sulfone groups is 1. The predicted molar refractivity (Wildman–Crippen MR) is 101 cm³/mol. The van der Waals surface area contributed by atoms with E-state index >= 15 is 0 Å². The lowest BCUT2D eigenvalue weighted by molar-refractivity contribution is -0.115. The van der Waals surface area contributed by atoms with Crippen molar-refractivity contribution in [3.63, 3.8) is 0 Å². The van der Waals surface area contributed by atoms with Gasteiger partial charge in [-0.15, -0.1) is 10.2 Å². The molecule has 1 fully saturated rings. The fourth-order valence-corrected chi connectivity index (χ4v) is 5.11. The number of rotatable bonds is 6. The number of amides is 1. The number of nitrogens with one attached hydrogen (secondary N) is 1. The van der Waals surface area contributed by atoms with Gasteiger partial charge in [0, 0.05) is 29.7 Å². The number of halogens is 1. The minimum atomic E-state index is -3.61. The van der Waals surface area contributed by atoms with Crippen molar-refractivity contribution in [3.05, 3.63) is 28.7 Å². The summed E-state index contributed by atoms with van der Waals surface area (Å²) in [6, 6.07) is 7.08. The van der Waals surface area contributed by atoms with Crippen molar-refractivity contribution in [3.8, 4) is 0 Å². The molecule has 1 N–H and O–H groups in total. The van der Waals surface area contributed by atoms with Crippen LogP contribution in [0.2, 0.25) is 0 Å². The Morgan fingerprint density at radius 3 is 2.56 bits per heavy atom. The fourth-order valence-electron chi connectivity index (χ4n) is 2.44. The third kappa shape index (κ3) is 4.77. The van der Waals surface area contributed by atoms with E-state index in [1.165, 1.54) is 0 Å². The summed E-state index contributed by atoms with van der Waals surface area (Å²) in [4.78, 5) is 14.0. The largest absolute Gasteiger partial charge is 0.347 e. The first-order valence-corrected chi connectivity index (χ1v) is 11.1. The van der Waals surface area contributed by atoms with Gasteiger partial charge in [-0.1, -0.05) is 27.3 Å². The quantitative estimate of drug-likeness (QED) is 0.735. The van der Waals surface area contributed by atoms with E-state index in [0.717, 1.165) is 41.7 Å². The van der Waals surface area contributed by atoms with Crippen molar-refractivity contribution in [2.45, 2.75) is 23.6 Å². The van der Waals surface area contributed by atoms with Crippen LogP contribution in [0.1, 0.15) is 19.3 Å². The Bertz CT molecular complexity index is 846. The number of carbonyl (C=O) groups is 1. The van der Waals surface area contributed by atoms with Crippen LogP contribution < -0.4 is 10.2 Å². The first-order chi connectivity index (χ1) is 11.9. The van der Waals surface area contributed by atoms with Gasteiger partial charge in [0.15, 0.2) is 0 Å². The predicted octanol–water partition coefficient (Wildman–Crippen LogP) is 2.70. The first-order valence-electron chi connectivity index (χ1n) is 7.81. The SMILES string of the molecule is O=C(CCS(=O)(=O)c1nnc(N2CCCC2)s1)Nc1ccc(Br)cc1. The monoisotopic (exact) mass is 444 g/mol. The highest BCUT2D eigenvalue weighted by molar-refractivity contribution is 9.10. The first kappa shape index (κ1) is 18.3. The molecule has 10 heteroatoms. The summed E-state index contributed by atoms with van der Waals surface area (Å²) in [7, 11) is -3.61. The molecule has 0 aliphatic carbocycles. The summed E-state index contributed by atoms with van der Waals surface area (Å²) in [5.41, 5.74) is 0.623. The number of hydrogen-bond acceptors (Lipinski definition) is 7. The van der Waals surface area contributed by atoms with Crippen LogP contribution in [-0.4, -0.2) is 43.4 Å². The maximum atomic E-state index is 12.4. The number of anilines is 2. The molecule has 0 radical (unpaired) electrons. The highest BCUT2D eigenvalue weighted by atomic mass is 79.9. The molecule has 1 amide bonds. The summed E-state index contributed by atoms with van der Waals surface area (Å²) in [6.45, 7) is 1.76. The molecule has 0 bridgehead atoms. The standard InChI is InChI=1S/C15H17BrN4O3S2/c16-11-3-5-12(6-4-11)17-13(21)7-10-25(22,23)15-19-18-14(24-15)20-8-1-2-9-20/h3-6H,1-2,7-10H2,(H,17,21). The van der Waals surface area contributed by atoms with E-state index in [1.54, 1.807) is 24.3 Å². The van der Waals surface area contributed by atoms with Gasteiger partial charge in [-0.3, -0.25) is 4.79 Å². The molecule has 3 rings (SSSR count). The zero-order valence-corrected chi connectivity index (χ0v) is 16.5. The van der Waals surface area contributed by atoms with Crippen LogP contribution in [0.15, 0.2) is 33.1 Å². The molecule has 1 aromatic carbocycles. The van der Waals surface area contributed by atoms with Crippen molar-refractivity contribution in [2.24, 2.45) is 0 Å². The molecule has 0 spiro atoms. The van der Waals surface area contributed by atoms with Crippen molar-refractivity contribution in [1.82, 2.24) is 10.2 Å². The van der Waals surface area contributed by atoms with E-state index < -0.39 is 9.84 Å². The number of carbonyl (C=O) groups excluding carboxylic acids is 1. The summed E-state index contributed by atoms with van der Waals surface area (Å²) in [5.74, 6) is -0.639. The maximum Gasteiger partial charge on any atom is 0.234 e. The van der Waals surface area contributed by atoms with Crippen LogP contribution in [0, 0.1) is 0 Å². The summed E-state index contributed by atoms with van der Waals surface area (Å²) >= 11 is 4.39. The second kappa shape index (κ2) is 7.79. The average Bonchev–Trinajstić information content (AvgIpc) is 3.26. The van der Waals surface area contributed by atoms with Crippen molar-refractivity contribution >= 4 is 53.8 Å². The van der Waals surface area contributed by atoms with E-state index in [-0.39, 0.29) is 22.4 Å². The van der Waals surface area contributed by atoms with Gasteiger partial charge in [0.25, 0.3) is 0 Å². The maximum absolute atomic E-state index is 12.4. The Morgan fingerprint density at radius 2 is 1.88 bits per heavy atom. The van der Waals surface area contributed by atoms with Gasteiger partial charge in [0.1, 0.15) is 0 Å². The topological polar surface area (TPSA) is 92.3 Å². The molecule has 1 aliphatic rings. The van der Waals surface area contributed by atoms with E-state index in [9.17, 15) is 13.2 Å². The lowest BCUT2D eigenvalue weighted by Crippen LogP contribution is -2.17. The molecule has 0 saturated carbocycles. The summed E-state index contributed by atoms with van der Waals surface area (Å²) in [6.07, 6.45) is 2.03. The minimum Gasteiger partial charge on any atom is -0.347 e. The average molecular weight is 445 g/mol. The molecule has 1 aromatic heterocycles. The van der Waals surface area contributed by atoms with Gasteiger partial charge in [-0.05, 0) is 37.1 Å². The molecule has 1 saturated heterocycles. The number of benzene rings is 1. The number of aromatic nitrogens is 2. The van der Waals surface area contributed by atoms with E-state index in [1.807, 2.05) is 4.90 Å². The van der Waals surface area contributed by atoms with Gasteiger partial charge in [0.2, 0.25) is 25.2 Å². The molecule has 25 heavy (non-hydrogen) atoms. The molecular formula is C15H17BrN4O3S2. The summed E-state index contributed by atoms with van der Waals surface area (Å²) < 4.78 is 25.6. The van der Waals surface area contributed by atoms with Crippen molar-refractivity contribution in [1.29, 1.82) is 0 Å². The van der Waals surface area contributed by atoms with Crippen LogP contribution in [0.25, 0.3) is 0 Å². The molecule has 1 aliphatic heterocycles. The van der Waals surface area contributed by atoms with E-state index in [2.05, 4.69) is 31.4 Å². The van der Waals surface area contributed by atoms with Crippen LogP contribution in [0.3, 0.4) is 0 Å². The molecule has 2 aromatic rings. The van der Waals surface area contributed by atoms with Crippen molar-refractivity contribution in [2.75, 3.05) is 29.1 Å². The molecule has 0 unspecified atom stereocenters. The Balaban J connectivity index is 1.57. The normalized spacial score (nSPS) is 14.7. The smallest absolute Gasteiger partial charge is 0.234 e. The van der Waals surface area contributed by atoms with Crippen LogP contribution in [0.4, 0.5) is 10.8 Å². The van der Waals surface area contributed by atoms with Crippen molar-refractivity contribution < 1.29 is 13.2 Å². The van der Waals surface area contributed by atoms with Gasteiger partial charge >= 0.3 is 0 Å². The molecule has 0 atom stereocenters. The van der Waals surface area contributed by atoms with Gasteiger partial charge < -0.3 is 10.2 Å². The molecule has 134 valence electrons. The van der Waals surface area contributed by atoms with Crippen LogP contribution >= 0.6 is 27.3 Å². The Hall–Kier alpha value is -1.52. The lowest BCUT2D eigenvalue weighted by Gasteiger charge is -2.10. The zero-order valence-electron chi connectivity index (χ0n) is 13.3. The Morgan fingerprint density at radius 1 is 1.20 bits per heavy atom. The highest BCUT2D eigenvalue weighted by Crippen LogP contribution is 2.27. The van der Waals surface area contributed by atoms with Gasteiger partial charge in [0.05, 0.1) is 5.75 Å². The van der Waals surface area contributed by atoms with Crippen LogP contribution in [-0.2, 0) is 14.6 Å². The molecular weight excluding hydrogens is 428 g/mol. The number of nitrogens with zero attached hydrogens (tertiary/aromatic N) is 3. The van der Waals surface area contributed by atoms with Crippen LogP contribution in [0.5, 0.6) is 0 Å².